The number of hydrogen-bond acceptors (Lipinski definition) is 5. The molecule has 0 aliphatic carbocycles. The lowest BCUT2D eigenvalue weighted by Gasteiger charge is -2.26. The highest BCUT2D eigenvalue weighted by atomic mass is 16.5. The number of nitrogens with one attached hydrogen (secondary N) is 1. The van der Waals surface area contributed by atoms with Gasteiger partial charge in [-0.25, -0.2) is 5.43 Å². The monoisotopic (exact) mass is 409 g/mol. The molecule has 3 rings (SSSR count). The summed E-state index contributed by atoms with van der Waals surface area (Å²) in [7, 11) is 1.48. The van der Waals surface area contributed by atoms with Crippen LogP contribution in [-0.4, -0.2) is 49.7 Å². The summed E-state index contributed by atoms with van der Waals surface area (Å²) >= 11 is 0. The SMILES string of the molecule is CO[C@H](C(=O)N/N=C\c1ccc(OCC(=O)N2CCCCC2)cc1)c1ccccc1. The van der Waals surface area contributed by atoms with Crippen LogP contribution in [0.3, 0.4) is 0 Å². The molecule has 2 aromatic carbocycles. The molecule has 30 heavy (non-hydrogen) atoms. The molecule has 0 unspecified atom stereocenters. The number of likely N-dealkylation sites (tertiary alicyclic amines) is 1. The van der Waals surface area contributed by atoms with Gasteiger partial charge in [0.25, 0.3) is 11.8 Å². The minimum Gasteiger partial charge on any atom is -0.484 e. The zero-order chi connectivity index (χ0) is 21.2. The molecule has 0 aromatic heterocycles. The van der Waals surface area contributed by atoms with Gasteiger partial charge in [-0.3, -0.25) is 9.59 Å². The summed E-state index contributed by atoms with van der Waals surface area (Å²) in [5.74, 6) is 0.287. The van der Waals surface area contributed by atoms with Gasteiger partial charge < -0.3 is 14.4 Å². The Morgan fingerprint density at radius 3 is 2.43 bits per heavy atom. The van der Waals surface area contributed by atoms with E-state index in [2.05, 4.69) is 10.5 Å². The van der Waals surface area contributed by atoms with E-state index in [4.69, 9.17) is 9.47 Å². The van der Waals surface area contributed by atoms with Crippen molar-refractivity contribution in [2.45, 2.75) is 25.4 Å². The first-order valence-corrected chi connectivity index (χ1v) is 10.1. The summed E-state index contributed by atoms with van der Waals surface area (Å²) in [4.78, 5) is 26.3. The molecule has 1 heterocycles. The smallest absolute Gasteiger partial charge is 0.273 e. The number of carbonyl (C=O) groups is 2. The largest absolute Gasteiger partial charge is 0.484 e. The fourth-order valence-electron chi connectivity index (χ4n) is 3.28. The Labute approximate surface area is 176 Å². The van der Waals surface area contributed by atoms with Crippen molar-refractivity contribution in [1.82, 2.24) is 10.3 Å². The lowest BCUT2D eigenvalue weighted by Crippen LogP contribution is -2.38. The quantitative estimate of drug-likeness (QED) is 0.537. The van der Waals surface area contributed by atoms with Crippen molar-refractivity contribution in [3.8, 4) is 5.75 Å². The Hall–Kier alpha value is -3.19. The fourth-order valence-corrected chi connectivity index (χ4v) is 3.28. The number of hydrogen-bond donors (Lipinski definition) is 1. The Morgan fingerprint density at radius 1 is 1.07 bits per heavy atom. The van der Waals surface area contributed by atoms with Crippen molar-refractivity contribution < 1.29 is 19.1 Å². The van der Waals surface area contributed by atoms with Gasteiger partial charge in [-0.05, 0) is 54.7 Å². The number of amides is 2. The van der Waals surface area contributed by atoms with Crippen molar-refractivity contribution in [2.75, 3.05) is 26.8 Å². The first-order chi connectivity index (χ1) is 14.7. The maximum absolute atomic E-state index is 12.3. The van der Waals surface area contributed by atoms with Gasteiger partial charge >= 0.3 is 0 Å². The number of piperidine rings is 1. The number of hydrazone groups is 1. The third-order valence-electron chi connectivity index (χ3n) is 4.92. The molecule has 0 radical (unpaired) electrons. The van der Waals surface area contributed by atoms with Crippen LogP contribution in [0.25, 0.3) is 0 Å². The molecule has 0 bridgehead atoms. The second kappa shape index (κ2) is 11.1. The van der Waals surface area contributed by atoms with Gasteiger partial charge in [0, 0.05) is 20.2 Å². The molecule has 1 aliphatic heterocycles. The highest BCUT2D eigenvalue weighted by Crippen LogP contribution is 2.16. The number of ether oxygens (including phenoxy) is 2. The van der Waals surface area contributed by atoms with Crippen LogP contribution < -0.4 is 10.2 Å². The van der Waals surface area contributed by atoms with Crippen molar-refractivity contribution in [2.24, 2.45) is 5.10 Å². The van der Waals surface area contributed by atoms with Gasteiger partial charge in [0.2, 0.25) is 0 Å². The number of rotatable bonds is 8. The Kier molecular flexibility index (Phi) is 7.97. The Bertz CT molecular complexity index is 847. The summed E-state index contributed by atoms with van der Waals surface area (Å²) in [5.41, 5.74) is 4.04. The van der Waals surface area contributed by atoms with Gasteiger partial charge in [0.05, 0.1) is 6.21 Å². The van der Waals surface area contributed by atoms with Gasteiger partial charge in [0.15, 0.2) is 12.7 Å². The van der Waals surface area contributed by atoms with E-state index in [1.54, 1.807) is 24.3 Å². The molecule has 2 aromatic rings. The van der Waals surface area contributed by atoms with E-state index < -0.39 is 6.10 Å². The summed E-state index contributed by atoms with van der Waals surface area (Å²) in [5, 5.41) is 3.99. The molecular weight excluding hydrogens is 382 g/mol. The zero-order valence-electron chi connectivity index (χ0n) is 17.1. The standard InChI is InChI=1S/C23H27N3O4/c1-29-22(19-8-4-2-5-9-19)23(28)25-24-16-18-10-12-20(13-11-18)30-17-21(27)26-14-6-3-7-15-26/h2,4-5,8-13,16,22H,3,6-7,14-15,17H2,1H3,(H,25,28)/b24-16-/t22-/m0/s1. The molecule has 7 nitrogen and oxygen atoms in total. The number of benzene rings is 2. The second-order valence-electron chi connectivity index (χ2n) is 7.06. The minimum atomic E-state index is -0.725. The lowest BCUT2D eigenvalue weighted by atomic mass is 10.1. The van der Waals surface area contributed by atoms with Gasteiger partial charge in [0.1, 0.15) is 5.75 Å². The second-order valence-corrected chi connectivity index (χ2v) is 7.06. The maximum Gasteiger partial charge on any atom is 0.273 e. The van der Waals surface area contributed by atoms with E-state index in [-0.39, 0.29) is 18.4 Å². The van der Waals surface area contributed by atoms with Crippen molar-refractivity contribution >= 4 is 18.0 Å². The zero-order valence-corrected chi connectivity index (χ0v) is 17.1. The number of methoxy groups -OCH3 is 1. The molecular formula is C23H27N3O4. The van der Waals surface area contributed by atoms with E-state index in [0.717, 1.165) is 37.1 Å². The molecule has 1 fully saturated rings. The first-order valence-electron chi connectivity index (χ1n) is 10.1. The number of nitrogens with zero attached hydrogens (tertiary/aromatic N) is 2. The van der Waals surface area contributed by atoms with Crippen LogP contribution in [0.4, 0.5) is 0 Å². The predicted octanol–water partition coefficient (Wildman–Crippen LogP) is 2.92. The van der Waals surface area contributed by atoms with Gasteiger partial charge in [-0.2, -0.15) is 5.10 Å². The Morgan fingerprint density at radius 2 is 1.77 bits per heavy atom. The predicted molar refractivity (Wildman–Crippen MR) is 114 cm³/mol. The van der Waals surface area contributed by atoms with E-state index in [0.29, 0.717) is 5.75 Å². The molecule has 2 amide bonds. The van der Waals surface area contributed by atoms with E-state index in [9.17, 15) is 9.59 Å². The van der Waals surface area contributed by atoms with E-state index in [1.807, 2.05) is 35.2 Å². The highest BCUT2D eigenvalue weighted by molar-refractivity contribution is 5.85. The van der Waals surface area contributed by atoms with Gasteiger partial charge in [-0.15, -0.1) is 0 Å². The average Bonchev–Trinajstić information content (AvgIpc) is 2.80. The van der Waals surface area contributed by atoms with Gasteiger partial charge in [-0.1, -0.05) is 30.3 Å². The summed E-state index contributed by atoms with van der Waals surface area (Å²) in [6.45, 7) is 1.68. The third kappa shape index (κ3) is 6.15. The van der Waals surface area contributed by atoms with Crippen molar-refractivity contribution in [3.63, 3.8) is 0 Å². The normalized spacial score (nSPS) is 15.0. The topological polar surface area (TPSA) is 80.2 Å². The summed E-state index contributed by atoms with van der Waals surface area (Å²) in [6.07, 6.45) is 4.13. The molecule has 7 heteroatoms. The van der Waals surface area contributed by atoms with Crippen molar-refractivity contribution in [1.29, 1.82) is 0 Å². The van der Waals surface area contributed by atoms with Crippen LogP contribution in [0.15, 0.2) is 59.7 Å². The van der Waals surface area contributed by atoms with Crippen LogP contribution in [0.5, 0.6) is 5.75 Å². The third-order valence-corrected chi connectivity index (χ3v) is 4.92. The molecule has 1 atom stereocenters. The summed E-state index contributed by atoms with van der Waals surface area (Å²) in [6, 6.07) is 16.4. The van der Waals surface area contributed by atoms with Crippen LogP contribution in [-0.2, 0) is 14.3 Å². The Balaban J connectivity index is 1.47. The van der Waals surface area contributed by atoms with E-state index >= 15 is 0 Å². The van der Waals surface area contributed by atoms with Crippen LogP contribution in [0, 0.1) is 0 Å². The average molecular weight is 409 g/mol. The maximum atomic E-state index is 12.3. The molecule has 1 saturated heterocycles. The molecule has 158 valence electrons. The lowest BCUT2D eigenvalue weighted by molar-refractivity contribution is -0.134. The van der Waals surface area contributed by atoms with E-state index in [1.165, 1.54) is 19.7 Å². The van der Waals surface area contributed by atoms with Crippen LogP contribution in [0.2, 0.25) is 0 Å². The molecule has 0 spiro atoms. The van der Waals surface area contributed by atoms with Crippen LogP contribution >= 0.6 is 0 Å². The minimum absolute atomic E-state index is 0.0224. The molecule has 1 aliphatic rings. The van der Waals surface area contributed by atoms with Crippen molar-refractivity contribution in [3.05, 3.63) is 65.7 Å². The van der Waals surface area contributed by atoms with Crippen LogP contribution in [0.1, 0.15) is 36.5 Å². The fraction of sp³-hybridized carbons (Fsp3) is 0.348. The first kappa shape index (κ1) is 21.5. The highest BCUT2D eigenvalue weighted by Gasteiger charge is 2.19. The molecule has 0 saturated carbocycles. The summed E-state index contributed by atoms with van der Waals surface area (Å²) < 4.78 is 10.9. The number of carbonyl (C=O) groups excluding carboxylic acids is 2. The molecule has 1 N–H and O–H groups in total.